The van der Waals surface area contributed by atoms with E-state index in [0.29, 0.717) is 5.56 Å². The van der Waals surface area contributed by atoms with Crippen LogP contribution in [0.4, 0.5) is 4.39 Å². The van der Waals surface area contributed by atoms with Crippen LogP contribution in [-0.2, 0) is 6.54 Å². The minimum absolute atomic E-state index is 0.126. The first kappa shape index (κ1) is 12.2. The maximum Gasteiger partial charge on any atom is 0.271 e. The van der Waals surface area contributed by atoms with E-state index in [9.17, 15) is 9.18 Å². The summed E-state index contributed by atoms with van der Waals surface area (Å²) in [6.45, 7) is 1.91. The molecule has 1 N–H and O–H groups in total. The molecule has 0 aliphatic heterocycles. The average Bonchev–Trinajstić information content (AvgIpc) is 2.38. The number of hydrogen-bond acceptors (Lipinski definition) is 3. The lowest BCUT2D eigenvalue weighted by atomic mass is 10.2. The molecule has 0 atom stereocenters. The molecule has 5 heteroatoms. The van der Waals surface area contributed by atoms with Crippen LogP contribution in [0.5, 0.6) is 0 Å². The summed E-state index contributed by atoms with van der Waals surface area (Å²) in [4.78, 5) is 19.6. The van der Waals surface area contributed by atoms with Crippen molar-refractivity contribution >= 4 is 5.91 Å². The number of aryl methyl sites for hydroxylation is 1. The van der Waals surface area contributed by atoms with Gasteiger partial charge in [-0.3, -0.25) is 9.78 Å². The van der Waals surface area contributed by atoms with Gasteiger partial charge >= 0.3 is 0 Å². The van der Waals surface area contributed by atoms with Crippen LogP contribution in [0.15, 0.2) is 36.7 Å². The summed E-state index contributed by atoms with van der Waals surface area (Å²) in [7, 11) is 0. The number of nitrogens with zero attached hydrogens (tertiary/aromatic N) is 2. The van der Waals surface area contributed by atoms with Gasteiger partial charge in [-0.05, 0) is 13.0 Å². The van der Waals surface area contributed by atoms with Crippen molar-refractivity contribution in [2.24, 2.45) is 0 Å². The molecule has 2 rings (SSSR count). The number of nitrogens with one attached hydrogen (secondary N) is 1. The van der Waals surface area contributed by atoms with Gasteiger partial charge in [0.25, 0.3) is 5.91 Å². The van der Waals surface area contributed by atoms with Crippen LogP contribution >= 0.6 is 0 Å². The van der Waals surface area contributed by atoms with Gasteiger partial charge in [-0.1, -0.05) is 18.2 Å². The van der Waals surface area contributed by atoms with E-state index in [2.05, 4.69) is 15.3 Å². The third-order valence-electron chi connectivity index (χ3n) is 2.41. The highest BCUT2D eigenvalue weighted by Gasteiger charge is 2.08. The maximum atomic E-state index is 13.3. The molecule has 2 aromatic rings. The molecule has 1 amide bonds. The van der Waals surface area contributed by atoms with E-state index in [4.69, 9.17) is 0 Å². The number of aromatic nitrogens is 2. The predicted molar refractivity (Wildman–Crippen MR) is 64.3 cm³/mol. The Balaban J connectivity index is 2.01. The fraction of sp³-hybridized carbons (Fsp3) is 0.154. The summed E-state index contributed by atoms with van der Waals surface area (Å²) >= 11 is 0. The fourth-order valence-electron chi connectivity index (χ4n) is 1.42. The highest BCUT2D eigenvalue weighted by atomic mass is 19.1. The van der Waals surface area contributed by atoms with Crippen molar-refractivity contribution in [1.29, 1.82) is 0 Å². The molecule has 0 unspecified atom stereocenters. The smallest absolute Gasteiger partial charge is 0.271 e. The Labute approximate surface area is 104 Å². The first-order chi connectivity index (χ1) is 8.66. The second kappa shape index (κ2) is 5.35. The second-order valence-corrected chi connectivity index (χ2v) is 3.82. The van der Waals surface area contributed by atoms with Crippen LogP contribution < -0.4 is 5.32 Å². The fourth-order valence-corrected chi connectivity index (χ4v) is 1.42. The summed E-state index contributed by atoms with van der Waals surface area (Å²) in [6, 6.07) is 6.30. The van der Waals surface area contributed by atoms with Crippen LogP contribution in [-0.4, -0.2) is 15.9 Å². The molecule has 0 radical (unpaired) electrons. The first-order valence-corrected chi connectivity index (χ1v) is 5.47. The van der Waals surface area contributed by atoms with Crippen LogP contribution in [0, 0.1) is 12.7 Å². The molecular formula is C13H12FN3O. The van der Waals surface area contributed by atoms with Gasteiger partial charge in [0.2, 0.25) is 0 Å². The first-order valence-electron chi connectivity index (χ1n) is 5.47. The molecule has 0 fully saturated rings. The average molecular weight is 245 g/mol. The molecule has 1 aromatic heterocycles. The molecule has 0 aliphatic rings. The molecule has 18 heavy (non-hydrogen) atoms. The summed E-state index contributed by atoms with van der Waals surface area (Å²) in [5.41, 5.74) is 1.39. The van der Waals surface area contributed by atoms with Gasteiger partial charge < -0.3 is 5.32 Å². The highest BCUT2D eigenvalue weighted by Crippen LogP contribution is 2.05. The highest BCUT2D eigenvalue weighted by molar-refractivity contribution is 5.91. The van der Waals surface area contributed by atoms with E-state index in [-0.39, 0.29) is 24.0 Å². The van der Waals surface area contributed by atoms with Crippen LogP contribution in [0.25, 0.3) is 0 Å². The van der Waals surface area contributed by atoms with Gasteiger partial charge in [-0.25, -0.2) is 9.37 Å². The minimum Gasteiger partial charge on any atom is -0.346 e. The van der Waals surface area contributed by atoms with Crippen molar-refractivity contribution in [2.45, 2.75) is 13.5 Å². The lowest BCUT2D eigenvalue weighted by Crippen LogP contribution is -2.24. The number of rotatable bonds is 3. The Kier molecular flexibility index (Phi) is 3.62. The van der Waals surface area contributed by atoms with Gasteiger partial charge in [0.1, 0.15) is 11.5 Å². The van der Waals surface area contributed by atoms with Crippen molar-refractivity contribution in [2.75, 3.05) is 0 Å². The topological polar surface area (TPSA) is 54.9 Å². The van der Waals surface area contributed by atoms with Gasteiger partial charge in [0.05, 0.1) is 11.9 Å². The molecule has 0 aliphatic carbocycles. The third kappa shape index (κ3) is 2.88. The van der Waals surface area contributed by atoms with Crippen molar-refractivity contribution in [3.63, 3.8) is 0 Å². The number of hydrogen-bond donors (Lipinski definition) is 1. The van der Waals surface area contributed by atoms with E-state index >= 15 is 0 Å². The Morgan fingerprint density at radius 1 is 1.28 bits per heavy atom. The quantitative estimate of drug-likeness (QED) is 0.897. The molecule has 92 valence electrons. The van der Waals surface area contributed by atoms with Crippen molar-refractivity contribution in [1.82, 2.24) is 15.3 Å². The molecule has 0 bridgehead atoms. The molecule has 0 saturated carbocycles. The number of benzene rings is 1. The van der Waals surface area contributed by atoms with E-state index in [1.165, 1.54) is 18.5 Å². The van der Waals surface area contributed by atoms with E-state index in [1.54, 1.807) is 25.1 Å². The molecule has 0 saturated heterocycles. The zero-order valence-corrected chi connectivity index (χ0v) is 9.85. The molecule has 0 spiro atoms. The second-order valence-electron chi connectivity index (χ2n) is 3.82. The number of carbonyl (C=O) groups is 1. The van der Waals surface area contributed by atoms with Gasteiger partial charge in [-0.15, -0.1) is 0 Å². The van der Waals surface area contributed by atoms with E-state index in [1.807, 2.05) is 0 Å². The SMILES string of the molecule is Cc1cnc(C(=O)NCc2ccccc2F)cn1. The lowest BCUT2D eigenvalue weighted by molar-refractivity contribution is 0.0945. The predicted octanol–water partition coefficient (Wildman–Crippen LogP) is 1.85. The van der Waals surface area contributed by atoms with Gasteiger partial charge in [0, 0.05) is 18.3 Å². The normalized spacial score (nSPS) is 10.1. The van der Waals surface area contributed by atoms with Crippen molar-refractivity contribution in [3.8, 4) is 0 Å². The summed E-state index contributed by atoms with van der Waals surface area (Å²) in [6.07, 6.45) is 2.91. The summed E-state index contributed by atoms with van der Waals surface area (Å²) < 4.78 is 13.3. The van der Waals surface area contributed by atoms with Crippen molar-refractivity contribution in [3.05, 3.63) is 59.4 Å². The zero-order chi connectivity index (χ0) is 13.0. The number of carbonyl (C=O) groups excluding carboxylic acids is 1. The van der Waals surface area contributed by atoms with Gasteiger partial charge in [0.15, 0.2) is 0 Å². The van der Waals surface area contributed by atoms with Crippen molar-refractivity contribution < 1.29 is 9.18 Å². The Morgan fingerprint density at radius 3 is 2.72 bits per heavy atom. The van der Waals surface area contributed by atoms with Gasteiger partial charge in [-0.2, -0.15) is 0 Å². The zero-order valence-electron chi connectivity index (χ0n) is 9.85. The summed E-state index contributed by atoms with van der Waals surface area (Å²) in [5, 5.41) is 2.59. The molecular weight excluding hydrogens is 233 g/mol. The third-order valence-corrected chi connectivity index (χ3v) is 2.41. The number of halogens is 1. The summed E-state index contributed by atoms with van der Waals surface area (Å²) in [5.74, 6) is -0.710. The number of amides is 1. The molecule has 1 aromatic carbocycles. The van der Waals surface area contributed by atoms with E-state index < -0.39 is 0 Å². The van der Waals surface area contributed by atoms with Crippen LogP contribution in [0.3, 0.4) is 0 Å². The van der Waals surface area contributed by atoms with E-state index in [0.717, 1.165) is 5.69 Å². The van der Waals surface area contributed by atoms with Crippen LogP contribution in [0.1, 0.15) is 21.7 Å². The maximum absolute atomic E-state index is 13.3. The Hall–Kier alpha value is -2.30. The molecule has 4 nitrogen and oxygen atoms in total. The lowest BCUT2D eigenvalue weighted by Gasteiger charge is -2.05. The largest absolute Gasteiger partial charge is 0.346 e. The standard InChI is InChI=1S/C13H12FN3O/c1-9-6-16-12(8-15-9)13(18)17-7-10-4-2-3-5-11(10)14/h2-6,8H,7H2,1H3,(H,17,18). The van der Waals surface area contributed by atoms with Crippen LogP contribution in [0.2, 0.25) is 0 Å². The monoisotopic (exact) mass is 245 g/mol. The Morgan fingerprint density at radius 2 is 2.06 bits per heavy atom. The minimum atomic E-state index is -0.370. The Bertz CT molecular complexity index is 554. The molecule has 1 heterocycles.